The van der Waals surface area contributed by atoms with Gasteiger partial charge < -0.3 is 19.7 Å². The van der Waals surface area contributed by atoms with Crippen LogP contribution in [0.5, 0.6) is 5.88 Å². The van der Waals surface area contributed by atoms with Crippen molar-refractivity contribution in [2.24, 2.45) is 0 Å². The molecule has 12 heteroatoms. The second-order valence-corrected chi connectivity index (χ2v) is 10.7. The molecule has 1 N–H and O–H groups in total. The van der Waals surface area contributed by atoms with Gasteiger partial charge in [0.05, 0.1) is 24.6 Å². The molecular formula is C26H34N8O3S. The molecule has 0 atom stereocenters. The van der Waals surface area contributed by atoms with Crippen molar-refractivity contribution in [3.8, 4) is 17.3 Å². The molecule has 1 amide bonds. The summed E-state index contributed by atoms with van der Waals surface area (Å²) >= 11 is 1.47. The number of anilines is 2. The lowest BCUT2D eigenvalue weighted by molar-refractivity contribution is 0.0139. The Hall–Kier alpha value is -3.51. The number of nitrogens with one attached hydrogen (secondary N) is 1. The van der Waals surface area contributed by atoms with Crippen molar-refractivity contribution >= 4 is 29.4 Å². The molecule has 0 aliphatic carbocycles. The van der Waals surface area contributed by atoms with E-state index in [2.05, 4.69) is 36.2 Å². The molecule has 202 valence electrons. The maximum atomic E-state index is 12.4. The number of hydrogen-bond acceptors (Lipinski definition) is 11. The summed E-state index contributed by atoms with van der Waals surface area (Å²) in [6.07, 6.45) is 5.21. The minimum Gasteiger partial charge on any atom is -0.481 e. The summed E-state index contributed by atoms with van der Waals surface area (Å²) in [7, 11) is 1.58. The molecule has 0 spiro atoms. The first-order chi connectivity index (χ1) is 18.1. The van der Waals surface area contributed by atoms with E-state index in [9.17, 15) is 4.79 Å². The van der Waals surface area contributed by atoms with Gasteiger partial charge in [-0.05, 0) is 51.6 Å². The number of hydrogen-bond donors (Lipinski definition) is 1. The van der Waals surface area contributed by atoms with Crippen LogP contribution in [0.2, 0.25) is 0 Å². The van der Waals surface area contributed by atoms with Crippen LogP contribution in [0.4, 0.5) is 16.3 Å². The molecule has 0 bridgehead atoms. The summed E-state index contributed by atoms with van der Waals surface area (Å²) in [5.41, 5.74) is 2.05. The van der Waals surface area contributed by atoms with Crippen LogP contribution in [-0.2, 0) is 11.3 Å². The lowest BCUT2D eigenvalue weighted by atomic mass is 10.1. The molecule has 3 aromatic heterocycles. The van der Waals surface area contributed by atoms with E-state index in [1.165, 1.54) is 11.8 Å². The fourth-order valence-electron chi connectivity index (χ4n) is 3.92. The van der Waals surface area contributed by atoms with Gasteiger partial charge in [0.25, 0.3) is 0 Å². The van der Waals surface area contributed by atoms with Crippen molar-refractivity contribution in [3.05, 3.63) is 42.0 Å². The Balaban J connectivity index is 1.54. The maximum absolute atomic E-state index is 12.4. The van der Waals surface area contributed by atoms with Crippen LogP contribution in [0, 0.1) is 6.92 Å². The van der Waals surface area contributed by atoms with E-state index in [4.69, 9.17) is 14.5 Å². The van der Waals surface area contributed by atoms with Crippen molar-refractivity contribution < 1.29 is 14.3 Å². The molecule has 4 heterocycles. The zero-order valence-electron chi connectivity index (χ0n) is 22.7. The SMILES string of the molecule is COc1ccc(Nc2ncc(CN3CCN(C(=O)OC(C)(C)C)CC3)cc2-c2nc(C)nc(SC)n2)cn1. The Morgan fingerprint density at radius 1 is 1.08 bits per heavy atom. The van der Waals surface area contributed by atoms with Gasteiger partial charge in [-0.1, -0.05) is 11.8 Å². The van der Waals surface area contributed by atoms with Crippen molar-refractivity contribution in [1.82, 2.24) is 34.7 Å². The third kappa shape index (κ3) is 7.29. The van der Waals surface area contributed by atoms with E-state index >= 15 is 0 Å². The van der Waals surface area contributed by atoms with Crippen LogP contribution in [-0.4, -0.2) is 86.0 Å². The zero-order chi connectivity index (χ0) is 27.3. The fraction of sp³-hybridized carbons (Fsp3) is 0.462. The Morgan fingerprint density at radius 2 is 1.84 bits per heavy atom. The van der Waals surface area contributed by atoms with Gasteiger partial charge in [0.1, 0.15) is 17.2 Å². The van der Waals surface area contributed by atoms with Crippen LogP contribution >= 0.6 is 11.8 Å². The summed E-state index contributed by atoms with van der Waals surface area (Å²) in [5, 5.41) is 3.99. The van der Waals surface area contributed by atoms with Gasteiger partial charge in [-0.15, -0.1) is 0 Å². The molecule has 3 aromatic rings. The number of nitrogens with zero attached hydrogens (tertiary/aromatic N) is 7. The summed E-state index contributed by atoms with van der Waals surface area (Å²) < 4.78 is 10.7. The lowest BCUT2D eigenvalue weighted by Gasteiger charge is -2.35. The van der Waals surface area contributed by atoms with Crippen molar-refractivity contribution in [1.29, 1.82) is 0 Å². The van der Waals surface area contributed by atoms with Gasteiger partial charge in [0.2, 0.25) is 5.88 Å². The van der Waals surface area contributed by atoms with Gasteiger partial charge >= 0.3 is 6.09 Å². The highest BCUT2D eigenvalue weighted by Gasteiger charge is 2.26. The van der Waals surface area contributed by atoms with Crippen LogP contribution in [0.25, 0.3) is 11.4 Å². The number of carbonyl (C=O) groups excluding carboxylic acids is 1. The molecular weight excluding hydrogens is 504 g/mol. The predicted octanol–water partition coefficient (Wildman–Crippen LogP) is 4.16. The highest BCUT2D eigenvalue weighted by molar-refractivity contribution is 7.98. The van der Waals surface area contributed by atoms with Crippen LogP contribution in [0.15, 0.2) is 35.7 Å². The van der Waals surface area contributed by atoms with Crippen LogP contribution < -0.4 is 10.1 Å². The molecule has 1 aliphatic rings. The Bertz CT molecular complexity index is 1260. The monoisotopic (exact) mass is 538 g/mol. The number of thioether (sulfide) groups is 1. The summed E-state index contributed by atoms with van der Waals surface area (Å²) in [6, 6.07) is 5.72. The number of rotatable bonds is 7. The first-order valence-corrected chi connectivity index (χ1v) is 13.6. The third-order valence-electron chi connectivity index (χ3n) is 5.73. The largest absolute Gasteiger partial charge is 0.481 e. The van der Waals surface area contributed by atoms with Gasteiger partial charge in [-0.3, -0.25) is 4.90 Å². The standard InChI is InChI=1S/C26H34N8O3S/c1-17-29-23(32-24(30-17)38-6)20-13-18(14-28-22(20)31-19-7-8-21(36-5)27-15-19)16-33-9-11-34(12-10-33)25(35)37-26(2,3)4/h7-8,13-15H,9-12,16H2,1-6H3,(H,28,31). The minimum atomic E-state index is -0.502. The second kappa shape index (κ2) is 11.9. The van der Waals surface area contributed by atoms with E-state index in [0.29, 0.717) is 48.1 Å². The van der Waals surface area contributed by atoms with E-state index in [1.807, 2.05) is 46.2 Å². The Morgan fingerprint density at radius 3 is 2.47 bits per heavy atom. The minimum absolute atomic E-state index is 0.264. The zero-order valence-corrected chi connectivity index (χ0v) is 23.5. The number of amides is 1. The molecule has 0 radical (unpaired) electrons. The molecule has 38 heavy (non-hydrogen) atoms. The van der Waals surface area contributed by atoms with Crippen molar-refractivity contribution in [2.45, 2.75) is 45.0 Å². The molecule has 0 unspecified atom stereocenters. The smallest absolute Gasteiger partial charge is 0.410 e. The number of carbonyl (C=O) groups is 1. The van der Waals surface area contributed by atoms with Gasteiger partial charge in [0.15, 0.2) is 11.0 Å². The highest BCUT2D eigenvalue weighted by atomic mass is 32.2. The molecule has 11 nitrogen and oxygen atoms in total. The summed E-state index contributed by atoms with van der Waals surface area (Å²) in [5.74, 6) is 2.34. The highest BCUT2D eigenvalue weighted by Crippen LogP contribution is 2.29. The topological polar surface area (TPSA) is 118 Å². The van der Waals surface area contributed by atoms with Crippen LogP contribution in [0.3, 0.4) is 0 Å². The molecule has 4 rings (SSSR count). The van der Waals surface area contributed by atoms with Gasteiger partial charge in [-0.25, -0.2) is 29.7 Å². The number of aryl methyl sites for hydroxylation is 1. The van der Waals surface area contributed by atoms with Crippen molar-refractivity contribution in [2.75, 3.05) is 44.9 Å². The molecule has 1 saturated heterocycles. The average Bonchev–Trinajstić information content (AvgIpc) is 2.89. The summed E-state index contributed by atoms with van der Waals surface area (Å²) in [4.78, 5) is 39.1. The third-order valence-corrected chi connectivity index (χ3v) is 6.28. The molecule has 1 fully saturated rings. The van der Waals surface area contributed by atoms with Crippen molar-refractivity contribution in [3.63, 3.8) is 0 Å². The van der Waals surface area contributed by atoms with Gasteiger partial charge in [-0.2, -0.15) is 0 Å². The predicted molar refractivity (Wildman–Crippen MR) is 147 cm³/mol. The first-order valence-electron chi connectivity index (χ1n) is 12.4. The first kappa shape index (κ1) is 27.5. The van der Waals surface area contributed by atoms with E-state index < -0.39 is 5.60 Å². The quantitative estimate of drug-likeness (QED) is 0.437. The number of pyridine rings is 2. The van der Waals surface area contributed by atoms with E-state index in [-0.39, 0.29) is 6.09 Å². The van der Waals surface area contributed by atoms with E-state index in [1.54, 1.807) is 24.3 Å². The molecule has 0 aromatic carbocycles. The number of aromatic nitrogens is 5. The van der Waals surface area contributed by atoms with E-state index in [0.717, 1.165) is 29.9 Å². The second-order valence-electron chi connectivity index (χ2n) is 9.89. The number of ether oxygens (including phenoxy) is 2. The molecule has 0 saturated carbocycles. The summed E-state index contributed by atoms with van der Waals surface area (Å²) in [6.45, 7) is 10.9. The lowest BCUT2D eigenvalue weighted by Crippen LogP contribution is -2.49. The fourth-order valence-corrected chi connectivity index (χ4v) is 4.32. The number of methoxy groups -OCH3 is 1. The average molecular weight is 539 g/mol. The Kier molecular flexibility index (Phi) is 8.62. The normalized spacial score (nSPS) is 14.3. The Labute approximate surface area is 227 Å². The van der Waals surface area contributed by atoms with Crippen LogP contribution in [0.1, 0.15) is 32.2 Å². The number of piperazine rings is 1. The molecule has 1 aliphatic heterocycles. The van der Waals surface area contributed by atoms with Gasteiger partial charge in [0, 0.05) is 45.0 Å². The maximum Gasteiger partial charge on any atom is 0.410 e.